The highest BCUT2D eigenvalue weighted by Crippen LogP contribution is 2.23. The molecule has 0 fully saturated rings. The van der Waals surface area contributed by atoms with E-state index in [0.717, 1.165) is 22.4 Å². The van der Waals surface area contributed by atoms with Crippen molar-refractivity contribution in [2.75, 3.05) is 5.32 Å². The van der Waals surface area contributed by atoms with Crippen molar-refractivity contribution < 1.29 is 4.79 Å². The molecule has 0 atom stereocenters. The number of hydrogen-bond acceptors (Lipinski definition) is 4. The molecule has 2 aromatic heterocycles. The molecule has 146 valence electrons. The van der Waals surface area contributed by atoms with Crippen LogP contribution in [0.15, 0.2) is 83.8 Å². The molecule has 7 heteroatoms. The van der Waals surface area contributed by atoms with Gasteiger partial charge in [-0.05, 0) is 36.4 Å². The molecule has 7 nitrogen and oxygen atoms in total. The summed E-state index contributed by atoms with van der Waals surface area (Å²) < 4.78 is 1.42. The molecule has 2 heterocycles. The van der Waals surface area contributed by atoms with Crippen LogP contribution >= 0.6 is 0 Å². The smallest absolute Gasteiger partial charge is 0.269 e. The second kappa shape index (κ2) is 7.29. The molecule has 0 saturated carbocycles. The zero-order valence-electron chi connectivity index (χ0n) is 15.9. The van der Waals surface area contributed by atoms with Gasteiger partial charge in [0.05, 0.1) is 28.3 Å². The molecular formula is C23H17N5O2. The third-order valence-electron chi connectivity index (χ3n) is 4.86. The predicted molar refractivity (Wildman–Crippen MR) is 116 cm³/mol. The minimum Gasteiger partial charge on any atom is -0.338 e. The monoisotopic (exact) mass is 395 g/mol. The lowest BCUT2D eigenvalue weighted by Crippen LogP contribution is -2.27. The quantitative estimate of drug-likeness (QED) is 0.486. The normalized spacial score (nSPS) is 11.1. The van der Waals surface area contributed by atoms with Crippen molar-refractivity contribution in [1.82, 2.24) is 19.5 Å². The fourth-order valence-electron chi connectivity index (χ4n) is 3.46. The average Bonchev–Trinajstić information content (AvgIpc) is 3.20. The van der Waals surface area contributed by atoms with Gasteiger partial charge in [-0.3, -0.25) is 14.2 Å². The second-order valence-electron chi connectivity index (χ2n) is 6.90. The standard InChI is InChI=1S/C23H17N5O2/c29-21(14-28-20-11-4-3-10-19(20)24-13-22(28)30)25-16-7-5-6-15(12-16)23-26-17-8-1-2-9-18(17)27-23/h1-13H,14H2,(H,25,29)(H,26,27). The summed E-state index contributed by atoms with van der Waals surface area (Å²) in [5.74, 6) is 0.429. The molecule has 30 heavy (non-hydrogen) atoms. The molecule has 0 spiro atoms. The SMILES string of the molecule is O=C(Cn1c(=O)cnc2ccccc21)Nc1cccc(-c2nc3ccccc3[nH]2)c1. The number of amides is 1. The van der Waals surface area contributed by atoms with E-state index in [1.54, 1.807) is 18.2 Å². The lowest BCUT2D eigenvalue weighted by atomic mass is 10.2. The van der Waals surface area contributed by atoms with Gasteiger partial charge in [-0.1, -0.05) is 36.4 Å². The van der Waals surface area contributed by atoms with E-state index in [0.29, 0.717) is 16.7 Å². The van der Waals surface area contributed by atoms with Gasteiger partial charge in [-0.25, -0.2) is 9.97 Å². The van der Waals surface area contributed by atoms with Crippen LogP contribution in [0.25, 0.3) is 33.5 Å². The van der Waals surface area contributed by atoms with Gasteiger partial charge < -0.3 is 10.3 Å². The van der Waals surface area contributed by atoms with Gasteiger partial charge in [0.1, 0.15) is 12.4 Å². The van der Waals surface area contributed by atoms with Gasteiger partial charge in [-0.2, -0.15) is 0 Å². The van der Waals surface area contributed by atoms with E-state index in [4.69, 9.17) is 0 Å². The predicted octanol–water partition coefficient (Wildman–Crippen LogP) is 3.58. The summed E-state index contributed by atoms with van der Waals surface area (Å²) in [4.78, 5) is 36.9. The number of imidazole rings is 1. The summed E-state index contributed by atoms with van der Waals surface area (Å²) in [6.07, 6.45) is 1.23. The molecule has 0 radical (unpaired) electrons. The number of aromatic amines is 1. The number of nitrogens with one attached hydrogen (secondary N) is 2. The average molecular weight is 395 g/mol. The van der Waals surface area contributed by atoms with Crippen LogP contribution in [0.1, 0.15) is 0 Å². The third kappa shape index (κ3) is 3.33. The van der Waals surface area contributed by atoms with E-state index in [1.165, 1.54) is 10.8 Å². The maximum Gasteiger partial charge on any atom is 0.269 e. The Morgan fingerprint density at radius 3 is 2.63 bits per heavy atom. The van der Waals surface area contributed by atoms with Gasteiger partial charge in [0.2, 0.25) is 5.91 Å². The second-order valence-corrected chi connectivity index (χ2v) is 6.90. The maximum absolute atomic E-state index is 12.7. The maximum atomic E-state index is 12.7. The number of hydrogen-bond donors (Lipinski definition) is 2. The number of anilines is 1. The Labute approximate surface area is 171 Å². The van der Waals surface area contributed by atoms with Gasteiger partial charge in [0.25, 0.3) is 5.56 Å². The summed E-state index contributed by atoms with van der Waals surface area (Å²) in [7, 11) is 0. The zero-order valence-corrected chi connectivity index (χ0v) is 15.9. The molecule has 0 unspecified atom stereocenters. The van der Waals surface area contributed by atoms with Crippen molar-refractivity contribution in [3.8, 4) is 11.4 Å². The van der Waals surface area contributed by atoms with E-state index < -0.39 is 0 Å². The summed E-state index contributed by atoms with van der Waals surface area (Å²) in [6, 6.07) is 22.5. The van der Waals surface area contributed by atoms with E-state index in [-0.39, 0.29) is 18.0 Å². The van der Waals surface area contributed by atoms with Crippen molar-refractivity contribution >= 4 is 33.7 Å². The first-order valence-corrected chi connectivity index (χ1v) is 9.47. The lowest BCUT2D eigenvalue weighted by molar-refractivity contribution is -0.116. The van der Waals surface area contributed by atoms with E-state index in [2.05, 4.69) is 20.3 Å². The van der Waals surface area contributed by atoms with E-state index in [9.17, 15) is 9.59 Å². The molecule has 0 aliphatic carbocycles. The number of aromatic nitrogens is 4. The Kier molecular flexibility index (Phi) is 4.33. The molecule has 0 saturated heterocycles. The fraction of sp³-hybridized carbons (Fsp3) is 0.0435. The van der Waals surface area contributed by atoms with Crippen LogP contribution < -0.4 is 10.9 Å². The highest BCUT2D eigenvalue weighted by molar-refractivity contribution is 5.92. The Hall–Kier alpha value is -4.26. The first-order chi connectivity index (χ1) is 14.7. The van der Waals surface area contributed by atoms with Crippen LogP contribution in [-0.2, 0) is 11.3 Å². The minimum absolute atomic E-state index is 0.100. The molecule has 0 aliphatic rings. The highest BCUT2D eigenvalue weighted by Gasteiger charge is 2.11. The summed E-state index contributed by atoms with van der Waals surface area (Å²) >= 11 is 0. The Morgan fingerprint density at radius 1 is 0.967 bits per heavy atom. The largest absolute Gasteiger partial charge is 0.338 e. The van der Waals surface area contributed by atoms with Gasteiger partial charge in [0, 0.05) is 11.3 Å². The van der Waals surface area contributed by atoms with E-state index >= 15 is 0 Å². The molecule has 2 N–H and O–H groups in total. The Morgan fingerprint density at radius 2 is 1.77 bits per heavy atom. The Bertz CT molecular complexity index is 1420. The van der Waals surface area contributed by atoms with Crippen molar-refractivity contribution in [3.05, 3.63) is 89.3 Å². The third-order valence-corrected chi connectivity index (χ3v) is 4.86. The zero-order chi connectivity index (χ0) is 20.5. The van der Waals surface area contributed by atoms with Crippen LogP contribution in [0, 0.1) is 0 Å². The number of carbonyl (C=O) groups excluding carboxylic acids is 1. The fourth-order valence-corrected chi connectivity index (χ4v) is 3.46. The van der Waals surface area contributed by atoms with Crippen molar-refractivity contribution in [2.24, 2.45) is 0 Å². The minimum atomic E-state index is -0.320. The number of rotatable bonds is 4. The molecule has 0 aliphatic heterocycles. The number of para-hydroxylation sites is 4. The van der Waals surface area contributed by atoms with Crippen LogP contribution in [0.3, 0.4) is 0 Å². The molecule has 1 amide bonds. The summed E-state index contributed by atoms with van der Waals surface area (Å²) in [5, 5.41) is 2.87. The van der Waals surface area contributed by atoms with Gasteiger partial charge >= 0.3 is 0 Å². The van der Waals surface area contributed by atoms with Crippen LogP contribution in [0.5, 0.6) is 0 Å². The van der Waals surface area contributed by atoms with Crippen molar-refractivity contribution in [1.29, 1.82) is 0 Å². The van der Waals surface area contributed by atoms with Crippen molar-refractivity contribution in [2.45, 2.75) is 6.54 Å². The van der Waals surface area contributed by atoms with Gasteiger partial charge in [0.15, 0.2) is 0 Å². The van der Waals surface area contributed by atoms with E-state index in [1.807, 2.05) is 54.6 Å². The summed E-state index contributed by atoms with van der Waals surface area (Å²) in [6.45, 7) is -0.100. The van der Waals surface area contributed by atoms with Gasteiger partial charge in [-0.15, -0.1) is 0 Å². The first-order valence-electron chi connectivity index (χ1n) is 9.47. The number of H-pyrrole nitrogens is 1. The molecule has 5 rings (SSSR count). The molecule has 5 aromatic rings. The van der Waals surface area contributed by atoms with Crippen LogP contribution in [-0.4, -0.2) is 25.4 Å². The number of carbonyl (C=O) groups is 1. The number of fused-ring (bicyclic) bond motifs is 2. The lowest BCUT2D eigenvalue weighted by Gasteiger charge is -2.10. The topological polar surface area (TPSA) is 92.7 Å². The first kappa shape index (κ1) is 17.8. The molecule has 0 bridgehead atoms. The molecular weight excluding hydrogens is 378 g/mol. The molecule has 3 aromatic carbocycles. The van der Waals surface area contributed by atoms with Crippen molar-refractivity contribution in [3.63, 3.8) is 0 Å². The summed E-state index contributed by atoms with van der Waals surface area (Å²) in [5.41, 5.74) is 4.28. The van der Waals surface area contributed by atoms with Crippen LogP contribution in [0.2, 0.25) is 0 Å². The Balaban J connectivity index is 1.40. The van der Waals surface area contributed by atoms with Crippen LogP contribution in [0.4, 0.5) is 5.69 Å². The number of benzene rings is 3. The highest BCUT2D eigenvalue weighted by atomic mass is 16.2. The number of nitrogens with zero attached hydrogens (tertiary/aromatic N) is 3.